The molecular weight excluding hydrogens is 388 g/mol. The van der Waals surface area contributed by atoms with Gasteiger partial charge in [0.05, 0.1) is 12.3 Å². The maximum Gasteiger partial charge on any atom is 0.264 e. The van der Waals surface area contributed by atoms with Crippen molar-refractivity contribution in [3.63, 3.8) is 0 Å². The molecule has 0 saturated carbocycles. The fourth-order valence-electron chi connectivity index (χ4n) is 2.37. The third-order valence-electron chi connectivity index (χ3n) is 3.71. The fraction of sp³-hybridized carbons (Fsp3) is 0.158. The predicted molar refractivity (Wildman–Crippen MR) is 100 cm³/mol. The maximum absolute atomic E-state index is 13.8. The molecule has 3 rings (SSSR count). The lowest BCUT2D eigenvalue weighted by molar-refractivity contribution is 0.302. The van der Waals surface area contributed by atoms with Gasteiger partial charge in [-0.1, -0.05) is 19.1 Å². The van der Waals surface area contributed by atoms with Gasteiger partial charge < -0.3 is 4.74 Å². The highest BCUT2D eigenvalue weighted by molar-refractivity contribution is 7.92. The number of hydrogen-bond acceptors (Lipinski definition) is 5. The Labute approximate surface area is 161 Å². The molecule has 0 fully saturated rings. The predicted octanol–water partition coefficient (Wildman–Crippen LogP) is 4.01. The number of hydrogen-bond donors (Lipinski definition) is 1. The van der Waals surface area contributed by atoms with E-state index in [0.717, 1.165) is 18.6 Å². The number of aromatic nitrogens is 2. The summed E-state index contributed by atoms with van der Waals surface area (Å²) in [5, 5.41) is 8.05. The molecule has 0 saturated heterocycles. The minimum absolute atomic E-state index is 0.225. The average Bonchev–Trinajstić information content (AvgIpc) is 2.67. The van der Waals surface area contributed by atoms with Crippen LogP contribution in [0, 0.1) is 11.6 Å². The highest BCUT2D eigenvalue weighted by Gasteiger charge is 2.19. The molecule has 0 atom stereocenters. The number of ether oxygens (including phenoxy) is 1. The van der Waals surface area contributed by atoms with Crippen molar-refractivity contribution in [3.05, 3.63) is 66.2 Å². The molecule has 1 aromatic heterocycles. The third kappa shape index (κ3) is 4.61. The van der Waals surface area contributed by atoms with Crippen molar-refractivity contribution in [2.45, 2.75) is 18.2 Å². The van der Waals surface area contributed by atoms with Crippen molar-refractivity contribution in [2.75, 3.05) is 11.3 Å². The van der Waals surface area contributed by atoms with Gasteiger partial charge in [0.25, 0.3) is 10.0 Å². The molecule has 1 N–H and O–H groups in total. The minimum atomic E-state index is -4.19. The summed E-state index contributed by atoms with van der Waals surface area (Å²) >= 11 is 0. The van der Waals surface area contributed by atoms with E-state index in [4.69, 9.17) is 4.74 Å². The van der Waals surface area contributed by atoms with Crippen LogP contribution in [-0.4, -0.2) is 25.2 Å². The zero-order valence-electron chi connectivity index (χ0n) is 14.9. The van der Waals surface area contributed by atoms with Crippen LogP contribution in [-0.2, 0) is 10.0 Å². The van der Waals surface area contributed by atoms with Crippen LogP contribution in [0.1, 0.15) is 13.3 Å². The Hall–Kier alpha value is -3.07. The number of rotatable bonds is 7. The zero-order chi connectivity index (χ0) is 20.1. The molecule has 9 heteroatoms. The molecule has 2 aromatic carbocycles. The lowest BCUT2D eigenvalue weighted by Crippen LogP contribution is -2.14. The van der Waals surface area contributed by atoms with Gasteiger partial charge in [-0.3, -0.25) is 4.72 Å². The van der Waals surface area contributed by atoms with Gasteiger partial charge in [0.15, 0.2) is 0 Å². The van der Waals surface area contributed by atoms with Crippen molar-refractivity contribution in [1.29, 1.82) is 0 Å². The number of nitrogens with one attached hydrogen (secondary N) is 1. The second-order valence-electron chi connectivity index (χ2n) is 5.86. The minimum Gasteiger partial charge on any atom is -0.477 e. The van der Waals surface area contributed by atoms with Crippen molar-refractivity contribution in [1.82, 2.24) is 10.2 Å². The molecule has 146 valence electrons. The Morgan fingerprint density at radius 2 is 1.75 bits per heavy atom. The maximum atomic E-state index is 13.8. The molecule has 6 nitrogen and oxygen atoms in total. The Morgan fingerprint density at radius 3 is 2.36 bits per heavy atom. The van der Waals surface area contributed by atoms with Crippen LogP contribution < -0.4 is 9.46 Å². The summed E-state index contributed by atoms with van der Waals surface area (Å²) in [6.45, 7) is 2.54. The van der Waals surface area contributed by atoms with E-state index in [2.05, 4.69) is 14.9 Å². The van der Waals surface area contributed by atoms with Crippen molar-refractivity contribution in [2.24, 2.45) is 0 Å². The first-order valence-corrected chi connectivity index (χ1v) is 9.92. The molecule has 0 spiro atoms. The lowest BCUT2D eigenvalue weighted by atomic mass is 10.1. The van der Waals surface area contributed by atoms with Crippen molar-refractivity contribution < 1.29 is 21.9 Å². The molecule has 0 unspecified atom stereocenters. The van der Waals surface area contributed by atoms with E-state index >= 15 is 0 Å². The number of nitrogens with zero attached hydrogens (tertiary/aromatic N) is 2. The Kier molecular flexibility index (Phi) is 5.84. The van der Waals surface area contributed by atoms with Gasteiger partial charge >= 0.3 is 0 Å². The number of anilines is 1. The number of sulfonamides is 1. The van der Waals surface area contributed by atoms with Gasteiger partial charge in [-0.05, 0) is 36.8 Å². The second-order valence-corrected chi connectivity index (χ2v) is 7.51. The summed E-state index contributed by atoms with van der Waals surface area (Å²) in [4.78, 5) is -0.633. The van der Waals surface area contributed by atoms with Crippen molar-refractivity contribution in [3.8, 4) is 17.1 Å². The van der Waals surface area contributed by atoms with Gasteiger partial charge in [-0.15, -0.1) is 10.2 Å². The number of benzene rings is 2. The monoisotopic (exact) mass is 405 g/mol. The van der Waals surface area contributed by atoms with Gasteiger partial charge in [0.1, 0.15) is 16.5 Å². The Bertz CT molecular complexity index is 1060. The normalized spacial score (nSPS) is 11.2. The first kappa shape index (κ1) is 19.7. The smallest absolute Gasteiger partial charge is 0.264 e. The van der Waals surface area contributed by atoms with Crippen LogP contribution in [0.25, 0.3) is 11.3 Å². The van der Waals surface area contributed by atoms with Crippen molar-refractivity contribution >= 4 is 15.7 Å². The second kappa shape index (κ2) is 8.30. The molecule has 0 bridgehead atoms. The number of halogens is 2. The van der Waals surface area contributed by atoms with Gasteiger partial charge in [-0.2, -0.15) is 0 Å². The zero-order valence-corrected chi connectivity index (χ0v) is 15.7. The van der Waals surface area contributed by atoms with Gasteiger partial charge in [0, 0.05) is 23.4 Å². The molecule has 28 heavy (non-hydrogen) atoms. The highest BCUT2D eigenvalue weighted by atomic mass is 32.2. The quantitative estimate of drug-likeness (QED) is 0.642. The highest BCUT2D eigenvalue weighted by Crippen LogP contribution is 2.23. The van der Waals surface area contributed by atoms with E-state index in [0.29, 0.717) is 29.8 Å². The van der Waals surface area contributed by atoms with Crippen LogP contribution in [0.5, 0.6) is 5.88 Å². The molecule has 1 heterocycles. The summed E-state index contributed by atoms with van der Waals surface area (Å²) in [5.41, 5.74) is 1.52. The molecular formula is C19H17F2N3O3S. The Morgan fingerprint density at radius 1 is 1.00 bits per heavy atom. The largest absolute Gasteiger partial charge is 0.477 e. The molecule has 0 amide bonds. The van der Waals surface area contributed by atoms with Crippen LogP contribution in [0.4, 0.5) is 14.5 Å². The standard InChI is InChI=1S/C19H17F2N3O3S/c1-2-11-27-19-10-8-17(22-23-19)13-3-6-15(7-4-13)24-28(25,26)18-9-5-14(20)12-16(18)21/h3-10,12,24H,2,11H2,1H3. The van der Waals surface area contributed by atoms with E-state index in [9.17, 15) is 17.2 Å². The Balaban J connectivity index is 1.75. The summed E-state index contributed by atoms with van der Waals surface area (Å²) in [5.74, 6) is -1.59. The van der Waals surface area contributed by atoms with Crippen LogP contribution >= 0.6 is 0 Å². The fourth-order valence-corrected chi connectivity index (χ4v) is 3.49. The summed E-state index contributed by atoms with van der Waals surface area (Å²) in [7, 11) is -4.19. The third-order valence-corrected chi connectivity index (χ3v) is 5.13. The SMILES string of the molecule is CCCOc1ccc(-c2ccc(NS(=O)(=O)c3ccc(F)cc3F)cc2)nn1. The first-order valence-electron chi connectivity index (χ1n) is 8.44. The lowest BCUT2D eigenvalue weighted by Gasteiger charge is -2.10. The average molecular weight is 405 g/mol. The van der Waals surface area contributed by atoms with E-state index in [-0.39, 0.29) is 5.69 Å². The topological polar surface area (TPSA) is 81.2 Å². The van der Waals surface area contributed by atoms with E-state index < -0.39 is 26.6 Å². The van der Waals surface area contributed by atoms with Crippen LogP contribution in [0.2, 0.25) is 0 Å². The first-order chi connectivity index (χ1) is 13.4. The summed E-state index contributed by atoms with van der Waals surface area (Å²) in [6.07, 6.45) is 0.864. The van der Waals surface area contributed by atoms with Gasteiger partial charge in [-0.25, -0.2) is 17.2 Å². The molecule has 3 aromatic rings. The van der Waals surface area contributed by atoms with Crippen LogP contribution in [0.15, 0.2) is 59.5 Å². The molecule has 0 aliphatic carbocycles. The summed E-state index contributed by atoms with van der Waals surface area (Å²) in [6, 6.07) is 12.0. The van der Waals surface area contributed by atoms with E-state index in [1.165, 1.54) is 12.1 Å². The molecule has 0 aliphatic rings. The molecule has 0 radical (unpaired) electrons. The van der Waals surface area contributed by atoms with Crippen LogP contribution in [0.3, 0.4) is 0 Å². The molecule has 0 aliphatic heterocycles. The van der Waals surface area contributed by atoms with E-state index in [1.54, 1.807) is 24.3 Å². The summed E-state index contributed by atoms with van der Waals surface area (Å²) < 4.78 is 59.0. The van der Waals surface area contributed by atoms with Gasteiger partial charge in [0.2, 0.25) is 5.88 Å². The van der Waals surface area contributed by atoms with E-state index in [1.807, 2.05) is 6.92 Å².